The zero-order valence-corrected chi connectivity index (χ0v) is 5.80. The fourth-order valence-electron chi connectivity index (χ4n) is 1.11. The summed E-state index contributed by atoms with van der Waals surface area (Å²) >= 11 is 5.77. The predicted octanol–water partition coefficient (Wildman–Crippen LogP) is 1.32. The molecule has 0 heterocycles. The van der Waals surface area contributed by atoms with Gasteiger partial charge in [0.05, 0.1) is 5.38 Å². The van der Waals surface area contributed by atoms with Crippen LogP contribution in [0, 0.1) is 0 Å². The van der Waals surface area contributed by atoms with Crippen molar-refractivity contribution in [2.24, 2.45) is 0 Å². The third-order valence-electron chi connectivity index (χ3n) is 1.60. The highest BCUT2D eigenvalue weighted by atomic mass is 35.5. The monoisotopic (exact) mass is 148 g/mol. The molecule has 1 fully saturated rings. The molecule has 1 aliphatic rings. The first-order chi connectivity index (χ1) is 4.34. The summed E-state index contributed by atoms with van der Waals surface area (Å²) < 4.78 is 4.70. The Balaban J connectivity index is 2.30. The first-order valence-corrected chi connectivity index (χ1v) is 3.51. The van der Waals surface area contributed by atoms with Gasteiger partial charge in [-0.2, -0.15) is 0 Å². The molecule has 52 valence electrons. The summed E-state index contributed by atoms with van der Waals surface area (Å²) in [6.07, 6.45) is 2.95. The van der Waals surface area contributed by atoms with Gasteiger partial charge in [-0.1, -0.05) is 0 Å². The van der Waals surface area contributed by atoms with Crippen molar-refractivity contribution in [3.8, 4) is 0 Å². The van der Waals surface area contributed by atoms with Crippen LogP contribution in [0.4, 0.5) is 0 Å². The van der Waals surface area contributed by atoms with Gasteiger partial charge >= 0.3 is 0 Å². The molecule has 0 bridgehead atoms. The molecule has 9 heavy (non-hydrogen) atoms. The van der Waals surface area contributed by atoms with E-state index < -0.39 is 0 Å². The molecular formula is C6H9ClO2. The molecule has 2 unspecified atom stereocenters. The van der Waals surface area contributed by atoms with Crippen LogP contribution in [-0.2, 0) is 9.53 Å². The third kappa shape index (κ3) is 1.58. The Bertz CT molecular complexity index is 105. The van der Waals surface area contributed by atoms with E-state index in [0.717, 1.165) is 19.3 Å². The molecule has 0 aliphatic heterocycles. The number of ether oxygens (including phenoxy) is 1. The quantitative estimate of drug-likeness (QED) is 0.436. The molecule has 2 atom stereocenters. The highest BCUT2D eigenvalue weighted by Gasteiger charge is 2.26. The Morgan fingerprint density at radius 2 is 2.33 bits per heavy atom. The average molecular weight is 149 g/mol. The molecule has 0 aromatic carbocycles. The lowest BCUT2D eigenvalue weighted by atomic mass is 10.3. The molecule has 0 amide bonds. The van der Waals surface area contributed by atoms with E-state index in [2.05, 4.69) is 0 Å². The smallest absolute Gasteiger partial charge is 0.293 e. The Morgan fingerprint density at radius 3 is 2.78 bits per heavy atom. The zero-order chi connectivity index (χ0) is 6.69. The van der Waals surface area contributed by atoms with E-state index in [1.807, 2.05) is 0 Å². The summed E-state index contributed by atoms with van der Waals surface area (Å²) in [4.78, 5) is 9.83. The standard InChI is InChI=1S/C6H9ClO2/c7-5-2-1-3-6(5)9-4-8/h4-6H,1-3H2. The molecular weight excluding hydrogens is 140 g/mol. The van der Waals surface area contributed by atoms with Crippen molar-refractivity contribution < 1.29 is 9.53 Å². The van der Waals surface area contributed by atoms with E-state index in [4.69, 9.17) is 16.3 Å². The summed E-state index contributed by atoms with van der Waals surface area (Å²) in [7, 11) is 0. The number of hydrogen-bond donors (Lipinski definition) is 0. The molecule has 0 saturated heterocycles. The summed E-state index contributed by atoms with van der Waals surface area (Å²) in [5.74, 6) is 0. The van der Waals surface area contributed by atoms with Crippen molar-refractivity contribution in [2.45, 2.75) is 30.7 Å². The molecule has 0 spiro atoms. The summed E-state index contributed by atoms with van der Waals surface area (Å²) in [5, 5.41) is 0.0511. The molecule has 0 aromatic rings. The Hall–Kier alpha value is -0.240. The Labute approximate surface area is 59.1 Å². The fourth-order valence-corrected chi connectivity index (χ4v) is 1.45. The van der Waals surface area contributed by atoms with Crippen molar-refractivity contribution in [1.29, 1.82) is 0 Å². The van der Waals surface area contributed by atoms with Crippen LogP contribution in [0.1, 0.15) is 19.3 Å². The SMILES string of the molecule is O=COC1CCCC1Cl. The van der Waals surface area contributed by atoms with E-state index in [-0.39, 0.29) is 11.5 Å². The summed E-state index contributed by atoms with van der Waals surface area (Å²) in [6, 6.07) is 0. The zero-order valence-electron chi connectivity index (χ0n) is 5.05. The van der Waals surface area contributed by atoms with E-state index in [0.29, 0.717) is 6.47 Å². The molecule has 0 N–H and O–H groups in total. The number of carbonyl (C=O) groups is 1. The fraction of sp³-hybridized carbons (Fsp3) is 0.833. The normalized spacial score (nSPS) is 34.3. The number of carbonyl (C=O) groups excluding carboxylic acids is 1. The van der Waals surface area contributed by atoms with Crippen LogP contribution in [0.25, 0.3) is 0 Å². The van der Waals surface area contributed by atoms with Crippen LogP contribution in [0.2, 0.25) is 0 Å². The Morgan fingerprint density at radius 1 is 1.56 bits per heavy atom. The van der Waals surface area contributed by atoms with E-state index in [1.54, 1.807) is 0 Å². The minimum Gasteiger partial charge on any atom is -0.463 e. The van der Waals surface area contributed by atoms with Crippen molar-refractivity contribution in [3.05, 3.63) is 0 Å². The molecule has 0 radical (unpaired) electrons. The lowest BCUT2D eigenvalue weighted by Gasteiger charge is -2.09. The summed E-state index contributed by atoms with van der Waals surface area (Å²) in [5.41, 5.74) is 0. The number of halogens is 1. The van der Waals surface area contributed by atoms with Gasteiger partial charge in [-0.05, 0) is 19.3 Å². The molecule has 1 saturated carbocycles. The Kier molecular flexibility index (Phi) is 2.34. The van der Waals surface area contributed by atoms with Gasteiger partial charge in [0, 0.05) is 0 Å². The van der Waals surface area contributed by atoms with Crippen molar-refractivity contribution >= 4 is 18.1 Å². The van der Waals surface area contributed by atoms with Gasteiger partial charge < -0.3 is 4.74 Å². The van der Waals surface area contributed by atoms with Gasteiger partial charge in [0.1, 0.15) is 6.10 Å². The minimum atomic E-state index is -0.0239. The van der Waals surface area contributed by atoms with Gasteiger partial charge in [0.15, 0.2) is 0 Å². The van der Waals surface area contributed by atoms with Crippen LogP contribution in [0.15, 0.2) is 0 Å². The highest BCUT2D eigenvalue weighted by Crippen LogP contribution is 2.25. The lowest BCUT2D eigenvalue weighted by molar-refractivity contribution is -0.133. The third-order valence-corrected chi connectivity index (χ3v) is 2.10. The van der Waals surface area contributed by atoms with Gasteiger partial charge in [-0.15, -0.1) is 11.6 Å². The summed E-state index contributed by atoms with van der Waals surface area (Å²) in [6.45, 7) is 0.478. The van der Waals surface area contributed by atoms with Gasteiger partial charge in [-0.25, -0.2) is 0 Å². The molecule has 0 aromatic heterocycles. The molecule has 1 aliphatic carbocycles. The first-order valence-electron chi connectivity index (χ1n) is 3.08. The van der Waals surface area contributed by atoms with Crippen LogP contribution >= 0.6 is 11.6 Å². The first kappa shape index (κ1) is 6.87. The minimum absolute atomic E-state index is 0.0239. The van der Waals surface area contributed by atoms with E-state index in [9.17, 15) is 4.79 Å². The van der Waals surface area contributed by atoms with Crippen molar-refractivity contribution in [2.75, 3.05) is 0 Å². The largest absolute Gasteiger partial charge is 0.463 e. The maximum atomic E-state index is 9.83. The lowest BCUT2D eigenvalue weighted by Crippen LogP contribution is -2.16. The second-order valence-electron chi connectivity index (χ2n) is 2.22. The molecule has 3 heteroatoms. The van der Waals surface area contributed by atoms with Crippen LogP contribution < -0.4 is 0 Å². The van der Waals surface area contributed by atoms with Crippen molar-refractivity contribution in [3.63, 3.8) is 0 Å². The van der Waals surface area contributed by atoms with E-state index in [1.165, 1.54) is 0 Å². The van der Waals surface area contributed by atoms with Gasteiger partial charge in [-0.3, -0.25) is 4.79 Å². The molecule has 2 nitrogen and oxygen atoms in total. The van der Waals surface area contributed by atoms with E-state index >= 15 is 0 Å². The number of rotatable bonds is 2. The molecule has 1 rings (SSSR count). The van der Waals surface area contributed by atoms with Crippen molar-refractivity contribution in [1.82, 2.24) is 0 Å². The highest BCUT2D eigenvalue weighted by molar-refractivity contribution is 6.21. The topological polar surface area (TPSA) is 26.3 Å². The van der Waals surface area contributed by atoms with Crippen LogP contribution in [0.3, 0.4) is 0 Å². The number of alkyl halides is 1. The second kappa shape index (κ2) is 3.06. The van der Waals surface area contributed by atoms with Gasteiger partial charge in [0.2, 0.25) is 0 Å². The van der Waals surface area contributed by atoms with Crippen LogP contribution in [0.5, 0.6) is 0 Å². The predicted molar refractivity (Wildman–Crippen MR) is 34.4 cm³/mol. The maximum absolute atomic E-state index is 9.83. The average Bonchev–Trinajstić information content (AvgIpc) is 2.18. The maximum Gasteiger partial charge on any atom is 0.293 e. The van der Waals surface area contributed by atoms with Crippen LogP contribution in [-0.4, -0.2) is 18.0 Å². The van der Waals surface area contributed by atoms with Gasteiger partial charge in [0.25, 0.3) is 6.47 Å². The second-order valence-corrected chi connectivity index (χ2v) is 2.78. The number of hydrogen-bond acceptors (Lipinski definition) is 2.